The van der Waals surface area contributed by atoms with E-state index in [2.05, 4.69) is 38.2 Å². The minimum absolute atomic E-state index is 0.0262. The van der Waals surface area contributed by atoms with Gasteiger partial charge >= 0.3 is 0 Å². The van der Waals surface area contributed by atoms with Crippen molar-refractivity contribution in [1.82, 2.24) is 10.2 Å². The molecule has 2 unspecified atom stereocenters. The first-order valence-electron chi connectivity index (χ1n) is 16.0. The Kier molecular flexibility index (Phi) is 17.2. The van der Waals surface area contributed by atoms with Crippen molar-refractivity contribution >= 4 is 22.6 Å². The summed E-state index contributed by atoms with van der Waals surface area (Å²) in [6.45, 7) is 9.10. The topological polar surface area (TPSA) is 113 Å². The predicted molar refractivity (Wildman–Crippen MR) is 182 cm³/mol. The number of aryl methyl sites for hydroxylation is 2. The van der Waals surface area contributed by atoms with Gasteiger partial charge in [0.05, 0.1) is 5.75 Å². The number of halogens is 2. The molecule has 0 radical (unpaired) electrons. The average Bonchev–Trinajstić information content (AvgIpc) is 3.02. The molecule has 3 rings (SSSR count). The van der Waals surface area contributed by atoms with Crippen LogP contribution in [0.2, 0.25) is 0 Å². The molecule has 46 heavy (non-hydrogen) atoms. The fraction of sp³-hybridized carbons (Fsp3) is 0.444. The molecule has 3 aromatic rings. The van der Waals surface area contributed by atoms with E-state index in [0.717, 1.165) is 43.7 Å². The molecule has 4 N–H and O–H groups in total. The minimum Gasteiger partial charge on any atom is -0.508 e. The number of nitrogens with zero attached hydrogens (tertiary/aromatic N) is 1. The van der Waals surface area contributed by atoms with Gasteiger partial charge in [0.1, 0.15) is 23.4 Å². The number of carbonyl (C=O) groups is 2. The van der Waals surface area contributed by atoms with Crippen LogP contribution in [0, 0.1) is 18.6 Å². The largest absolute Gasteiger partial charge is 0.508 e. The highest BCUT2D eigenvalue weighted by molar-refractivity contribution is 7.85. The highest BCUT2D eigenvalue weighted by atomic mass is 32.2. The van der Waals surface area contributed by atoms with Crippen LogP contribution in [0.1, 0.15) is 79.9 Å². The lowest BCUT2D eigenvalue weighted by molar-refractivity contribution is -0.133. The molecule has 10 heteroatoms. The fourth-order valence-corrected chi connectivity index (χ4v) is 6.87. The van der Waals surface area contributed by atoms with E-state index in [1.807, 2.05) is 12.1 Å². The maximum atomic E-state index is 13.9. The van der Waals surface area contributed by atoms with Gasteiger partial charge in [-0.3, -0.25) is 13.8 Å². The summed E-state index contributed by atoms with van der Waals surface area (Å²) in [7, 11) is -1.30. The minimum atomic E-state index is -1.30. The normalized spacial score (nSPS) is 12.2. The van der Waals surface area contributed by atoms with Crippen molar-refractivity contribution in [2.45, 2.75) is 84.1 Å². The van der Waals surface area contributed by atoms with E-state index in [1.54, 1.807) is 24.0 Å². The second kappa shape index (κ2) is 20.5. The molecule has 0 spiro atoms. The smallest absolute Gasteiger partial charge is 0.252 e. The quantitative estimate of drug-likeness (QED) is 0.165. The van der Waals surface area contributed by atoms with E-state index in [9.17, 15) is 27.7 Å². The number of rotatable bonds is 16. The van der Waals surface area contributed by atoms with E-state index < -0.39 is 34.4 Å². The Morgan fingerprint density at radius 2 is 1.57 bits per heavy atom. The molecule has 0 aliphatic carbocycles. The average molecular weight is 658 g/mol. The third-order valence-corrected chi connectivity index (χ3v) is 9.24. The third kappa shape index (κ3) is 13.4. The number of hydrogen-bond donors (Lipinski definition) is 3. The number of carbonyl (C=O) groups excluding carboxylic acids is 2. The van der Waals surface area contributed by atoms with Crippen LogP contribution >= 0.6 is 0 Å². The third-order valence-electron chi connectivity index (χ3n) is 7.36. The van der Waals surface area contributed by atoms with Crippen LogP contribution in [-0.2, 0) is 28.6 Å². The van der Waals surface area contributed by atoms with Crippen molar-refractivity contribution in [3.05, 3.63) is 101 Å². The zero-order chi connectivity index (χ0) is 34.1. The first-order valence-corrected chi connectivity index (χ1v) is 17.4. The summed E-state index contributed by atoms with van der Waals surface area (Å²) in [4.78, 5) is 28.7. The van der Waals surface area contributed by atoms with E-state index in [0.29, 0.717) is 31.6 Å². The molecule has 0 aromatic heterocycles. The van der Waals surface area contributed by atoms with Crippen LogP contribution in [0.25, 0.3) is 0 Å². The van der Waals surface area contributed by atoms with Gasteiger partial charge in [0.15, 0.2) is 0 Å². The lowest BCUT2D eigenvalue weighted by Gasteiger charge is -2.29. The Morgan fingerprint density at radius 1 is 0.935 bits per heavy atom. The second-order valence-corrected chi connectivity index (χ2v) is 13.1. The molecular weight excluding hydrogens is 608 g/mol. The number of hydrogen-bond acceptors (Lipinski definition) is 5. The molecule has 7 nitrogen and oxygen atoms in total. The number of benzene rings is 3. The van der Waals surface area contributed by atoms with Crippen molar-refractivity contribution in [1.29, 1.82) is 0 Å². The van der Waals surface area contributed by atoms with Crippen LogP contribution in [0.4, 0.5) is 8.78 Å². The number of nitrogens with one attached hydrogen (secondary N) is 1. The molecule has 2 amide bonds. The molecule has 0 saturated heterocycles. The molecular formula is C36H49F2N3O4S. The zero-order valence-electron chi connectivity index (χ0n) is 27.4. The lowest BCUT2D eigenvalue weighted by Crippen LogP contribution is -2.52. The number of amides is 2. The first-order chi connectivity index (χ1) is 22.0. The number of phenolic OH excluding ortho intramolecular Hbond substituents is 1. The van der Waals surface area contributed by atoms with Gasteiger partial charge in [-0.25, -0.2) is 8.78 Å². The second-order valence-electron chi connectivity index (χ2n) is 11.3. The standard InChI is InChI=1S/C29H43N3O4S.C7H6F2/c1-4-10-26(11-5-2)37(36)21-27(31-28(34)24-14-8-15-25(33)19-24)29(35)32(17-9-16-30)20-23-13-7-12-22(6-3)18-23;1-5-2-6(8)4-7(9)3-5/h7-8,12-15,18-19,26-27,33H,4-6,9-11,16-17,20-21,30H2,1-3H3,(H,31,34);2-4H,1H3. The van der Waals surface area contributed by atoms with Crippen LogP contribution in [0.5, 0.6) is 5.75 Å². The van der Waals surface area contributed by atoms with Crippen molar-refractivity contribution in [3.8, 4) is 5.75 Å². The Labute approximate surface area is 275 Å². The molecule has 0 saturated carbocycles. The van der Waals surface area contributed by atoms with Gasteiger partial charge in [-0.1, -0.05) is 63.9 Å². The van der Waals surface area contributed by atoms with Gasteiger partial charge in [0.25, 0.3) is 5.91 Å². The van der Waals surface area contributed by atoms with Crippen molar-refractivity contribution in [3.63, 3.8) is 0 Å². The Balaban J connectivity index is 0.000000700. The lowest BCUT2D eigenvalue weighted by atomic mass is 10.1. The highest BCUT2D eigenvalue weighted by Gasteiger charge is 2.30. The van der Waals surface area contributed by atoms with Gasteiger partial charge in [0, 0.05) is 40.8 Å². The monoisotopic (exact) mass is 657 g/mol. The van der Waals surface area contributed by atoms with E-state index in [4.69, 9.17) is 5.73 Å². The maximum absolute atomic E-state index is 13.9. The van der Waals surface area contributed by atoms with E-state index >= 15 is 0 Å². The van der Waals surface area contributed by atoms with Gasteiger partial charge in [0.2, 0.25) is 5.91 Å². The number of aromatic hydroxyl groups is 1. The summed E-state index contributed by atoms with van der Waals surface area (Å²) in [5.74, 6) is -1.79. The van der Waals surface area contributed by atoms with Crippen LogP contribution < -0.4 is 11.1 Å². The Hall–Kier alpha value is -3.63. The molecule has 0 aliphatic rings. The molecule has 2 atom stereocenters. The van der Waals surface area contributed by atoms with Crippen molar-refractivity contribution in [2.75, 3.05) is 18.8 Å². The first kappa shape index (κ1) is 38.6. The van der Waals surface area contributed by atoms with Crippen LogP contribution in [0.15, 0.2) is 66.7 Å². The van der Waals surface area contributed by atoms with Crippen LogP contribution in [-0.4, -0.2) is 56.2 Å². The van der Waals surface area contributed by atoms with Gasteiger partial charge < -0.3 is 21.1 Å². The summed E-state index contributed by atoms with van der Waals surface area (Å²) < 4.78 is 37.8. The molecule has 252 valence electrons. The maximum Gasteiger partial charge on any atom is 0.252 e. The summed E-state index contributed by atoms with van der Waals surface area (Å²) in [6.07, 6.45) is 4.93. The summed E-state index contributed by atoms with van der Waals surface area (Å²) in [5.41, 5.74) is 8.80. The number of phenols is 1. The zero-order valence-corrected chi connectivity index (χ0v) is 28.3. The fourth-order valence-electron chi connectivity index (χ4n) is 5.04. The van der Waals surface area contributed by atoms with Gasteiger partial charge in [-0.05, 0) is 86.2 Å². The van der Waals surface area contributed by atoms with Gasteiger partial charge in [-0.2, -0.15) is 0 Å². The van der Waals surface area contributed by atoms with Crippen molar-refractivity contribution < 1.29 is 27.7 Å². The highest BCUT2D eigenvalue weighted by Crippen LogP contribution is 2.17. The summed E-state index contributed by atoms with van der Waals surface area (Å²) >= 11 is 0. The van der Waals surface area contributed by atoms with Crippen LogP contribution in [0.3, 0.4) is 0 Å². The predicted octanol–water partition coefficient (Wildman–Crippen LogP) is 6.42. The SMILES string of the molecule is CCCC(CCC)S(=O)CC(NC(=O)c1cccc(O)c1)C(=O)N(CCCN)Cc1cccc(CC)c1.Cc1cc(F)cc(F)c1. The molecule has 0 heterocycles. The Bertz CT molecular complexity index is 1370. The molecule has 0 aliphatic heterocycles. The molecule has 0 fully saturated rings. The Morgan fingerprint density at radius 3 is 2.13 bits per heavy atom. The van der Waals surface area contributed by atoms with Gasteiger partial charge in [-0.15, -0.1) is 0 Å². The molecule has 0 bridgehead atoms. The van der Waals surface area contributed by atoms with E-state index in [-0.39, 0.29) is 28.2 Å². The van der Waals surface area contributed by atoms with E-state index in [1.165, 1.54) is 29.8 Å². The number of nitrogens with two attached hydrogens (primary N) is 1. The summed E-state index contributed by atoms with van der Waals surface area (Å²) in [5, 5.41) is 12.6. The summed E-state index contributed by atoms with van der Waals surface area (Å²) in [6, 6.07) is 16.5. The molecule has 3 aromatic carbocycles. The van der Waals surface area contributed by atoms with Crippen molar-refractivity contribution in [2.24, 2.45) is 5.73 Å².